The van der Waals surface area contributed by atoms with Crippen molar-refractivity contribution in [1.29, 1.82) is 0 Å². The molecule has 0 unspecified atom stereocenters. The predicted molar refractivity (Wildman–Crippen MR) is 57.9 cm³/mol. The third kappa shape index (κ3) is 3.99. The molecule has 0 saturated carbocycles. The molecule has 0 aliphatic heterocycles. The Hall–Kier alpha value is -1.56. The molecule has 0 fully saturated rings. The summed E-state index contributed by atoms with van der Waals surface area (Å²) in [5, 5.41) is 5.64. The van der Waals surface area contributed by atoms with E-state index in [1.54, 1.807) is 6.20 Å². The second-order valence-electron chi connectivity index (χ2n) is 2.89. The fourth-order valence-electron chi connectivity index (χ4n) is 0.966. The van der Waals surface area contributed by atoms with Crippen LogP contribution in [0.4, 0.5) is 10.6 Å². The highest BCUT2D eigenvalue weighted by Crippen LogP contribution is 2.11. The molecule has 0 radical (unpaired) electrons. The van der Waals surface area contributed by atoms with Gasteiger partial charge in [-0.15, -0.1) is 0 Å². The normalized spacial score (nSPS) is 9.73. The summed E-state index contributed by atoms with van der Waals surface area (Å²) >= 11 is 5.63. The van der Waals surface area contributed by atoms with Crippen LogP contribution in [0.25, 0.3) is 0 Å². The number of rotatable bonds is 4. The molecule has 6 nitrogen and oxygen atoms in total. The lowest BCUT2D eigenvalue weighted by Gasteiger charge is -2.07. The van der Waals surface area contributed by atoms with Crippen LogP contribution in [-0.4, -0.2) is 29.1 Å². The molecule has 15 heavy (non-hydrogen) atoms. The van der Waals surface area contributed by atoms with Gasteiger partial charge in [0.15, 0.2) is 0 Å². The monoisotopic (exact) mass is 229 g/mol. The summed E-state index contributed by atoms with van der Waals surface area (Å²) in [7, 11) is 0. The quantitative estimate of drug-likeness (QED) is 0.518. The molecule has 0 bridgehead atoms. The van der Waals surface area contributed by atoms with Gasteiger partial charge in [-0.3, -0.25) is 0 Å². The number of halogens is 1. The lowest BCUT2D eigenvalue weighted by Crippen LogP contribution is -2.33. The summed E-state index contributed by atoms with van der Waals surface area (Å²) in [6.45, 7) is 2.81. The largest absolute Gasteiger partial charge is 0.368 e. The van der Waals surface area contributed by atoms with E-state index in [0.717, 1.165) is 5.56 Å². The average Bonchev–Trinajstić information content (AvgIpc) is 2.17. The minimum Gasteiger partial charge on any atom is -0.368 e. The van der Waals surface area contributed by atoms with Crippen LogP contribution in [0.3, 0.4) is 0 Å². The van der Waals surface area contributed by atoms with E-state index < -0.39 is 6.03 Å². The van der Waals surface area contributed by atoms with Crippen molar-refractivity contribution in [3.63, 3.8) is 0 Å². The maximum absolute atomic E-state index is 10.4. The minimum absolute atomic E-state index is 0.186. The van der Waals surface area contributed by atoms with Crippen LogP contribution in [0.15, 0.2) is 6.20 Å². The summed E-state index contributed by atoms with van der Waals surface area (Å²) in [6, 6.07) is -0.547. The van der Waals surface area contributed by atoms with Crippen LogP contribution >= 0.6 is 11.6 Å². The van der Waals surface area contributed by atoms with E-state index in [0.29, 0.717) is 18.9 Å². The second-order valence-corrected chi connectivity index (χ2v) is 3.23. The molecule has 0 spiro atoms. The van der Waals surface area contributed by atoms with E-state index in [-0.39, 0.29) is 5.28 Å². The molecule has 82 valence electrons. The molecule has 2 amide bonds. The zero-order valence-corrected chi connectivity index (χ0v) is 9.01. The van der Waals surface area contributed by atoms with Crippen LogP contribution < -0.4 is 16.4 Å². The van der Waals surface area contributed by atoms with Gasteiger partial charge in [0, 0.05) is 24.8 Å². The van der Waals surface area contributed by atoms with Gasteiger partial charge in [0.1, 0.15) is 5.82 Å². The number of aromatic nitrogens is 2. The molecule has 0 aromatic carbocycles. The molecular weight excluding hydrogens is 218 g/mol. The molecule has 0 aliphatic carbocycles. The Bertz CT molecular complexity index is 357. The number of hydrogen-bond donors (Lipinski definition) is 3. The predicted octanol–water partition coefficient (Wildman–Crippen LogP) is 0.519. The zero-order valence-electron chi connectivity index (χ0n) is 8.25. The number of nitrogens with one attached hydrogen (secondary N) is 2. The number of primary amides is 1. The van der Waals surface area contributed by atoms with Crippen LogP contribution in [0, 0.1) is 6.92 Å². The smallest absolute Gasteiger partial charge is 0.312 e. The van der Waals surface area contributed by atoms with Crippen LogP contribution in [-0.2, 0) is 0 Å². The van der Waals surface area contributed by atoms with Crippen LogP contribution in [0.1, 0.15) is 5.56 Å². The molecular formula is C8H12ClN5O. The Labute approximate surface area is 92.2 Å². The van der Waals surface area contributed by atoms with Gasteiger partial charge in [0.05, 0.1) is 0 Å². The minimum atomic E-state index is -0.547. The van der Waals surface area contributed by atoms with Gasteiger partial charge in [-0.1, -0.05) is 0 Å². The maximum atomic E-state index is 10.4. The molecule has 1 aromatic heterocycles. The average molecular weight is 230 g/mol. The Morgan fingerprint density at radius 3 is 3.00 bits per heavy atom. The summed E-state index contributed by atoms with van der Waals surface area (Å²) in [5.74, 6) is 0.654. The van der Waals surface area contributed by atoms with Crippen molar-refractivity contribution in [2.24, 2.45) is 5.73 Å². The summed E-state index contributed by atoms with van der Waals surface area (Å²) in [4.78, 5) is 18.2. The Morgan fingerprint density at radius 2 is 2.33 bits per heavy atom. The number of urea groups is 1. The molecule has 0 atom stereocenters. The fourth-order valence-corrected chi connectivity index (χ4v) is 1.10. The van der Waals surface area contributed by atoms with Crippen molar-refractivity contribution in [2.75, 3.05) is 18.4 Å². The number of nitrogens with zero attached hydrogens (tertiary/aromatic N) is 2. The lowest BCUT2D eigenvalue weighted by atomic mass is 10.3. The summed E-state index contributed by atoms with van der Waals surface area (Å²) in [6.07, 6.45) is 1.62. The van der Waals surface area contributed by atoms with E-state index in [1.807, 2.05) is 6.92 Å². The van der Waals surface area contributed by atoms with Gasteiger partial charge < -0.3 is 16.4 Å². The Kier molecular flexibility index (Phi) is 4.11. The van der Waals surface area contributed by atoms with Gasteiger partial charge in [0.25, 0.3) is 0 Å². The van der Waals surface area contributed by atoms with Crippen molar-refractivity contribution in [1.82, 2.24) is 15.3 Å². The first-order valence-electron chi connectivity index (χ1n) is 4.36. The first-order valence-corrected chi connectivity index (χ1v) is 4.73. The molecule has 0 saturated heterocycles. The van der Waals surface area contributed by atoms with Crippen molar-refractivity contribution in [2.45, 2.75) is 6.92 Å². The van der Waals surface area contributed by atoms with Gasteiger partial charge in [0.2, 0.25) is 5.28 Å². The number of anilines is 1. The number of aryl methyl sites for hydroxylation is 1. The first kappa shape index (κ1) is 11.5. The zero-order chi connectivity index (χ0) is 11.3. The highest BCUT2D eigenvalue weighted by molar-refractivity contribution is 6.28. The molecule has 1 rings (SSSR count). The van der Waals surface area contributed by atoms with E-state index in [4.69, 9.17) is 17.3 Å². The van der Waals surface area contributed by atoms with E-state index in [1.165, 1.54) is 0 Å². The van der Waals surface area contributed by atoms with E-state index in [9.17, 15) is 4.79 Å². The molecule has 1 heterocycles. The number of nitrogens with two attached hydrogens (primary N) is 1. The molecule has 4 N–H and O–H groups in total. The number of carbonyl (C=O) groups excluding carboxylic acids is 1. The van der Waals surface area contributed by atoms with Gasteiger partial charge in [-0.05, 0) is 18.5 Å². The summed E-state index contributed by atoms with van der Waals surface area (Å²) in [5.41, 5.74) is 5.79. The van der Waals surface area contributed by atoms with Crippen LogP contribution in [0.5, 0.6) is 0 Å². The number of hydrogen-bond acceptors (Lipinski definition) is 4. The van der Waals surface area contributed by atoms with Crippen LogP contribution in [0.2, 0.25) is 5.28 Å². The SMILES string of the molecule is Cc1cnc(Cl)nc1NCCNC(N)=O. The Balaban J connectivity index is 2.43. The fraction of sp³-hybridized carbons (Fsp3) is 0.375. The van der Waals surface area contributed by atoms with E-state index >= 15 is 0 Å². The number of amides is 2. The Morgan fingerprint density at radius 1 is 1.60 bits per heavy atom. The standard InChI is InChI=1S/C8H12ClN5O/c1-5-4-13-7(9)14-6(5)11-2-3-12-8(10)15/h4H,2-3H2,1H3,(H3,10,12,15)(H,11,13,14). The molecule has 1 aromatic rings. The molecule has 0 aliphatic rings. The van der Waals surface area contributed by atoms with Gasteiger partial charge in [-0.25, -0.2) is 14.8 Å². The van der Waals surface area contributed by atoms with Crippen molar-refractivity contribution in [3.8, 4) is 0 Å². The maximum Gasteiger partial charge on any atom is 0.312 e. The van der Waals surface area contributed by atoms with Crippen molar-refractivity contribution in [3.05, 3.63) is 17.0 Å². The third-order valence-corrected chi connectivity index (χ3v) is 1.84. The van der Waals surface area contributed by atoms with Crippen molar-refractivity contribution < 1.29 is 4.79 Å². The van der Waals surface area contributed by atoms with Crippen molar-refractivity contribution >= 4 is 23.4 Å². The second kappa shape index (κ2) is 5.35. The lowest BCUT2D eigenvalue weighted by molar-refractivity contribution is 0.249. The van der Waals surface area contributed by atoms with Gasteiger partial charge >= 0.3 is 6.03 Å². The topological polar surface area (TPSA) is 92.9 Å². The highest BCUT2D eigenvalue weighted by atomic mass is 35.5. The molecule has 7 heteroatoms. The summed E-state index contributed by atoms with van der Waals surface area (Å²) < 4.78 is 0. The van der Waals surface area contributed by atoms with E-state index in [2.05, 4.69) is 20.6 Å². The number of carbonyl (C=O) groups is 1. The third-order valence-electron chi connectivity index (χ3n) is 1.66. The first-order chi connectivity index (χ1) is 7.09. The van der Waals surface area contributed by atoms with Gasteiger partial charge in [-0.2, -0.15) is 0 Å². The highest BCUT2D eigenvalue weighted by Gasteiger charge is 2.01.